The number of nitrogens with zero attached hydrogens (tertiary/aromatic N) is 2. The van der Waals surface area contributed by atoms with Crippen LogP contribution in [0.4, 0.5) is 4.39 Å². The first-order valence-corrected chi connectivity index (χ1v) is 7.31. The van der Waals surface area contributed by atoms with Gasteiger partial charge in [-0.2, -0.15) is 5.10 Å². The average Bonchev–Trinajstić information content (AvgIpc) is 3.16. The molecule has 0 saturated heterocycles. The average molecular weight is 273 g/mol. The molecule has 1 fully saturated rings. The molecule has 1 heterocycles. The van der Waals surface area contributed by atoms with E-state index in [0.29, 0.717) is 6.04 Å². The molecule has 0 bridgehead atoms. The summed E-state index contributed by atoms with van der Waals surface area (Å²) in [6, 6.07) is 5.66. The smallest absolute Gasteiger partial charge is 0.123 e. The van der Waals surface area contributed by atoms with Gasteiger partial charge in [-0.05, 0) is 42.5 Å². The van der Waals surface area contributed by atoms with Gasteiger partial charge in [-0.3, -0.25) is 4.68 Å². The van der Waals surface area contributed by atoms with E-state index >= 15 is 0 Å². The molecule has 0 atom stereocenters. The Bertz CT molecular complexity index is 587. The lowest BCUT2D eigenvalue weighted by Crippen LogP contribution is -2.15. The van der Waals surface area contributed by atoms with Crippen molar-refractivity contribution in [2.45, 2.75) is 45.3 Å². The van der Waals surface area contributed by atoms with Gasteiger partial charge in [0.1, 0.15) is 5.82 Å². The van der Waals surface area contributed by atoms with Crippen molar-refractivity contribution in [3.8, 4) is 11.1 Å². The Hall–Kier alpha value is -1.68. The molecule has 1 aromatic carbocycles. The molecular weight excluding hydrogens is 253 g/mol. The summed E-state index contributed by atoms with van der Waals surface area (Å²) in [6.45, 7) is 3.80. The lowest BCUT2D eigenvalue weighted by atomic mass is 10.0. The Labute approximate surface area is 118 Å². The maximum Gasteiger partial charge on any atom is 0.123 e. The molecule has 106 valence electrons. The summed E-state index contributed by atoms with van der Waals surface area (Å²) in [5.74, 6) is -0.196. The van der Waals surface area contributed by atoms with E-state index in [9.17, 15) is 4.39 Å². The molecular formula is C16H20FN3. The van der Waals surface area contributed by atoms with Gasteiger partial charge in [-0.15, -0.1) is 0 Å². The lowest BCUT2D eigenvalue weighted by molar-refractivity contribution is 0.603. The molecule has 0 amide bonds. The van der Waals surface area contributed by atoms with Crippen molar-refractivity contribution < 1.29 is 4.39 Å². The number of nitrogens with one attached hydrogen (secondary N) is 1. The molecule has 3 rings (SSSR count). The van der Waals surface area contributed by atoms with Gasteiger partial charge in [0, 0.05) is 30.9 Å². The van der Waals surface area contributed by atoms with Crippen LogP contribution in [0, 0.1) is 5.82 Å². The van der Waals surface area contributed by atoms with Crippen molar-refractivity contribution in [2.24, 2.45) is 0 Å². The van der Waals surface area contributed by atoms with Crippen molar-refractivity contribution in [2.75, 3.05) is 0 Å². The first kappa shape index (κ1) is 13.3. The summed E-state index contributed by atoms with van der Waals surface area (Å²) in [4.78, 5) is 0. The fraction of sp³-hybridized carbons (Fsp3) is 0.438. The van der Waals surface area contributed by atoms with Gasteiger partial charge in [0.15, 0.2) is 0 Å². The van der Waals surface area contributed by atoms with E-state index in [-0.39, 0.29) is 5.82 Å². The normalized spacial score (nSPS) is 14.7. The largest absolute Gasteiger partial charge is 0.310 e. The zero-order valence-electron chi connectivity index (χ0n) is 11.8. The predicted octanol–water partition coefficient (Wildman–Crippen LogP) is 3.35. The second-order valence-electron chi connectivity index (χ2n) is 5.45. The summed E-state index contributed by atoms with van der Waals surface area (Å²) >= 11 is 0. The van der Waals surface area contributed by atoms with Crippen LogP contribution in [-0.4, -0.2) is 15.8 Å². The zero-order chi connectivity index (χ0) is 13.9. The van der Waals surface area contributed by atoms with Crippen LogP contribution >= 0.6 is 0 Å². The maximum absolute atomic E-state index is 13.6. The Morgan fingerprint density at radius 3 is 3.00 bits per heavy atom. The van der Waals surface area contributed by atoms with Crippen LogP contribution in [0.15, 0.2) is 30.6 Å². The van der Waals surface area contributed by atoms with Crippen molar-refractivity contribution in [3.63, 3.8) is 0 Å². The Morgan fingerprint density at radius 2 is 2.25 bits per heavy atom. The minimum Gasteiger partial charge on any atom is -0.310 e. The second-order valence-corrected chi connectivity index (χ2v) is 5.45. The molecule has 0 unspecified atom stereocenters. The molecule has 1 N–H and O–H groups in total. The molecule has 4 heteroatoms. The quantitative estimate of drug-likeness (QED) is 0.874. The molecule has 0 aliphatic heterocycles. The first-order valence-electron chi connectivity index (χ1n) is 7.31. The molecule has 1 aliphatic carbocycles. The monoisotopic (exact) mass is 273 g/mol. The predicted molar refractivity (Wildman–Crippen MR) is 77.8 cm³/mol. The highest BCUT2D eigenvalue weighted by Crippen LogP contribution is 2.26. The summed E-state index contributed by atoms with van der Waals surface area (Å²) < 4.78 is 15.5. The standard InChI is InChI=1S/C16H20FN3/c1-2-7-20-11-13(10-19-20)16-8-14(17)4-3-12(16)9-18-15-5-6-15/h3-4,8,10-11,15,18H,2,5-7,9H2,1H3. The first-order chi connectivity index (χ1) is 9.76. The fourth-order valence-corrected chi connectivity index (χ4v) is 2.37. The van der Waals surface area contributed by atoms with E-state index in [0.717, 1.165) is 36.2 Å². The van der Waals surface area contributed by atoms with Gasteiger partial charge in [-0.25, -0.2) is 4.39 Å². The number of hydrogen-bond acceptors (Lipinski definition) is 2. The maximum atomic E-state index is 13.6. The number of aromatic nitrogens is 2. The second kappa shape index (κ2) is 5.75. The topological polar surface area (TPSA) is 29.9 Å². The zero-order valence-corrected chi connectivity index (χ0v) is 11.8. The van der Waals surface area contributed by atoms with Crippen LogP contribution in [0.1, 0.15) is 31.7 Å². The van der Waals surface area contributed by atoms with Gasteiger partial charge in [-0.1, -0.05) is 13.0 Å². The van der Waals surface area contributed by atoms with E-state index in [1.807, 2.05) is 23.1 Å². The third kappa shape index (κ3) is 3.07. The van der Waals surface area contributed by atoms with E-state index in [2.05, 4.69) is 17.3 Å². The minimum atomic E-state index is -0.196. The van der Waals surface area contributed by atoms with Crippen LogP contribution in [0.3, 0.4) is 0 Å². The molecule has 2 aromatic rings. The van der Waals surface area contributed by atoms with Gasteiger partial charge < -0.3 is 5.32 Å². The number of benzene rings is 1. The molecule has 1 saturated carbocycles. The van der Waals surface area contributed by atoms with Crippen LogP contribution < -0.4 is 5.32 Å². The van der Waals surface area contributed by atoms with E-state index in [1.165, 1.54) is 18.9 Å². The lowest BCUT2D eigenvalue weighted by Gasteiger charge is -2.09. The molecule has 20 heavy (non-hydrogen) atoms. The summed E-state index contributed by atoms with van der Waals surface area (Å²) in [7, 11) is 0. The molecule has 1 aromatic heterocycles. The highest BCUT2D eigenvalue weighted by Gasteiger charge is 2.20. The Kier molecular flexibility index (Phi) is 3.83. The van der Waals surface area contributed by atoms with Crippen LogP contribution in [0.2, 0.25) is 0 Å². The van der Waals surface area contributed by atoms with E-state index in [1.54, 1.807) is 6.07 Å². The Balaban J connectivity index is 1.86. The van der Waals surface area contributed by atoms with E-state index < -0.39 is 0 Å². The van der Waals surface area contributed by atoms with Crippen molar-refractivity contribution in [3.05, 3.63) is 42.0 Å². The fourth-order valence-electron chi connectivity index (χ4n) is 2.37. The van der Waals surface area contributed by atoms with Gasteiger partial charge >= 0.3 is 0 Å². The molecule has 0 spiro atoms. The van der Waals surface area contributed by atoms with Crippen LogP contribution in [0.25, 0.3) is 11.1 Å². The highest BCUT2D eigenvalue weighted by atomic mass is 19.1. The number of aryl methyl sites for hydroxylation is 1. The van der Waals surface area contributed by atoms with Gasteiger partial charge in [0.25, 0.3) is 0 Å². The summed E-state index contributed by atoms with van der Waals surface area (Å²) in [6.07, 6.45) is 7.38. The molecule has 3 nitrogen and oxygen atoms in total. The van der Waals surface area contributed by atoms with Crippen molar-refractivity contribution in [1.82, 2.24) is 15.1 Å². The summed E-state index contributed by atoms with van der Waals surface area (Å²) in [5.41, 5.74) is 3.07. The number of rotatable bonds is 6. The van der Waals surface area contributed by atoms with E-state index in [4.69, 9.17) is 0 Å². The Morgan fingerprint density at radius 1 is 1.40 bits per heavy atom. The third-order valence-corrected chi connectivity index (χ3v) is 3.63. The molecule has 1 aliphatic rings. The van der Waals surface area contributed by atoms with Crippen LogP contribution in [-0.2, 0) is 13.1 Å². The van der Waals surface area contributed by atoms with Crippen molar-refractivity contribution >= 4 is 0 Å². The minimum absolute atomic E-state index is 0.196. The van der Waals surface area contributed by atoms with Crippen LogP contribution in [0.5, 0.6) is 0 Å². The third-order valence-electron chi connectivity index (χ3n) is 3.63. The van der Waals surface area contributed by atoms with Crippen molar-refractivity contribution in [1.29, 1.82) is 0 Å². The highest BCUT2D eigenvalue weighted by molar-refractivity contribution is 5.66. The molecule has 0 radical (unpaired) electrons. The van der Waals surface area contributed by atoms with Gasteiger partial charge in [0.2, 0.25) is 0 Å². The number of halogens is 1. The number of hydrogen-bond donors (Lipinski definition) is 1. The van der Waals surface area contributed by atoms with Gasteiger partial charge in [0.05, 0.1) is 6.20 Å². The SMILES string of the molecule is CCCn1cc(-c2cc(F)ccc2CNC2CC2)cn1. The summed E-state index contributed by atoms with van der Waals surface area (Å²) in [5, 5.41) is 7.82.